The Morgan fingerprint density at radius 1 is 1.10 bits per heavy atom. The van der Waals surface area contributed by atoms with Crippen molar-refractivity contribution in [3.8, 4) is 5.75 Å². The minimum atomic E-state index is 0.0171. The van der Waals surface area contributed by atoms with Crippen molar-refractivity contribution < 1.29 is 9.90 Å². The molecule has 4 heteroatoms. The Bertz CT molecular complexity index is 608. The molecule has 2 aromatic carbocycles. The van der Waals surface area contributed by atoms with E-state index in [0.29, 0.717) is 13.1 Å². The fourth-order valence-electron chi connectivity index (χ4n) is 2.12. The molecule has 0 aliphatic carbocycles. The van der Waals surface area contributed by atoms with Gasteiger partial charge in [-0.2, -0.15) is 0 Å². The van der Waals surface area contributed by atoms with Gasteiger partial charge in [-0.05, 0) is 28.8 Å². The van der Waals surface area contributed by atoms with Gasteiger partial charge in [-0.15, -0.1) is 0 Å². The molecule has 0 saturated heterocycles. The second-order valence-electron chi connectivity index (χ2n) is 5.12. The minimum absolute atomic E-state index is 0.0171. The lowest BCUT2D eigenvalue weighted by atomic mass is 10.1. The molecule has 2 aromatic rings. The predicted octanol–water partition coefficient (Wildman–Crippen LogP) is 2.05. The van der Waals surface area contributed by atoms with Crippen molar-refractivity contribution >= 4 is 5.91 Å². The first kappa shape index (κ1) is 15.1. The van der Waals surface area contributed by atoms with Gasteiger partial charge >= 0.3 is 0 Å². The van der Waals surface area contributed by atoms with Gasteiger partial charge in [0.15, 0.2) is 0 Å². The van der Waals surface area contributed by atoms with Gasteiger partial charge in [0.25, 0.3) is 0 Å². The highest BCUT2D eigenvalue weighted by molar-refractivity contribution is 5.78. The normalized spacial score (nSPS) is 10.4. The van der Waals surface area contributed by atoms with Gasteiger partial charge < -0.3 is 15.7 Å². The number of hydrogen-bond donors (Lipinski definition) is 2. The lowest BCUT2D eigenvalue weighted by Gasteiger charge is -2.17. The molecule has 0 saturated carbocycles. The molecule has 0 heterocycles. The molecule has 0 aliphatic rings. The monoisotopic (exact) mass is 284 g/mol. The topological polar surface area (TPSA) is 66.6 Å². The molecule has 0 fully saturated rings. The van der Waals surface area contributed by atoms with Crippen molar-refractivity contribution in [2.75, 3.05) is 7.05 Å². The summed E-state index contributed by atoms with van der Waals surface area (Å²) in [6.07, 6.45) is 0.284. The van der Waals surface area contributed by atoms with Crippen LogP contribution in [0.1, 0.15) is 16.7 Å². The Labute approximate surface area is 124 Å². The van der Waals surface area contributed by atoms with Crippen LogP contribution in [0.2, 0.25) is 0 Å². The Hall–Kier alpha value is -2.33. The zero-order valence-corrected chi connectivity index (χ0v) is 12.1. The van der Waals surface area contributed by atoms with Crippen LogP contribution >= 0.6 is 0 Å². The molecule has 4 nitrogen and oxygen atoms in total. The third-order valence-electron chi connectivity index (χ3n) is 3.37. The average molecular weight is 284 g/mol. The van der Waals surface area contributed by atoms with Crippen molar-refractivity contribution in [1.82, 2.24) is 4.90 Å². The van der Waals surface area contributed by atoms with E-state index in [9.17, 15) is 9.90 Å². The lowest BCUT2D eigenvalue weighted by molar-refractivity contribution is -0.129. The molecule has 3 N–H and O–H groups in total. The Morgan fingerprint density at radius 2 is 1.76 bits per heavy atom. The van der Waals surface area contributed by atoms with Crippen LogP contribution in [-0.2, 0) is 24.3 Å². The molecular formula is C17H20N2O2. The number of aromatic hydroxyl groups is 1. The molecule has 0 bridgehead atoms. The fraction of sp³-hybridized carbons (Fsp3) is 0.235. The van der Waals surface area contributed by atoms with Crippen molar-refractivity contribution in [2.45, 2.75) is 19.5 Å². The van der Waals surface area contributed by atoms with Crippen LogP contribution in [0.5, 0.6) is 5.75 Å². The number of benzene rings is 2. The van der Waals surface area contributed by atoms with Crippen LogP contribution in [0.15, 0.2) is 48.5 Å². The second-order valence-corrected chi connectivity index (χ2v) is 5.12. The Kier molecular flexibility index (Phi) is 4.95. The first-order valence-corrected chi connectivity index (χ1v) is 6.88. The van der Waals surface area contributed by atoms with Crippen molar-refractivity contribution in [3.63, 3.8) is 0 Å². The van der Waals surface area contributed by atoms with Crippen LogP contribution in [0.4, 0.5) is 0 Å². The van der Waals surface area contributed by atoms with E-state index in [0.717, 1.165) is 16.7 Å². The number of phenols is 1. The van der Waals surface area contributed by atoms with E-state index in [1.807, 2.05) is 30.3 Å². The molecule has 110 valence electrons. The summed E-state index contributed by atoms with van der Waals surface area (Å²) in [4.78, 5) is 13.9. The number of amides is 1. The number of phenolic OH excluding ortho intramolecular Hbond substituents is 1. The number of nitrogens with two attached hydrogens (primary N) is 1. The Morgan fingerprint density at radius 3 is 2.38 bits per heavy atom. The molecule has 2 rings (SSSR count). The number of rotatable bonds is 5. The van der Waals surface area contributed by atoms with E-state index in [1.54, 1.807) is 30.1 Å². The van der Waals surface area contributed by atoms with Crippen LogP contribution in [-0.4, -0.2) is 23.0 Å². The van der Waals surface area contributed by atoms with Gasteiger partial charge in [0.2, 0.25) is 5.91 Å². The highest BCUT2D eigenvalue weighted by Gasteiger charge is 2.10. The van der Waals surface area contributed by atoms with Gasteiger partial charge in [0.05, 0.1) is 6.42 Å². The fourth-order valence-corrected chi connectivity index (χ4v) is 2.12. The van der Waals surface area contributed by atoms with Gasteiger partial charge in [0, 0.05) is 20.1 Å². The number of hydrogen-bond acceptors (Lipinski definition) is 3. The molecule has 0 spiro atoms. The smallest absolute Gasteiger partial charge is 0.227 e. The first-order valence-electron chi connectivity index (χ1n) is 6.88. The summed E-state index contributed by atoms with van der Waals surface area (Å²) in [5.41, 5.74) is 8.52. The molecule has 1 amide bonds. The number of carbonyl (C=O) groups excluding carboxylic acids is 1. The third kappa shape index (κ3) is 4.33. The third-order valence-corrected chi connectivity index (χ3v) is 3.37. The zero-order chi connectivity index (χ0) is 15.2. The van der Waals surface area contributed by atoms with Gasteiger partial charge in [-0.25, -0.2) is 0 Å². The summed E-state index contributed by atoms with van der Waals surface area (Å²) in [5, 5.41) is 9.41. The summed E-state index contributed by atoms with van der Waals surface area (Å²) < 4.78 is 0. The van der Waals surface area contributed by atoms with Crippen molar-refractivity contribution in [3.05, 3.63) is 65.2 Å². The van der Waals surface area contributed by atoms with Crippen LogP contribution in [0.3, 0.4) is 0 Å². The first-order chi connectivity index (χ1) is 10.1. The summed E-state index contributed by atoms with van der Waals surface area (Å²) in [5.74, 6) is 0.198. The van der Waals surface area contributed by atoms with E-state index in [-0.39, 0.29) is 18.1 Å². The molecule has 0 aliphatic heterocycles. The van der Waals surface area contributed by atoms with E-state index in [4.69, 9.17) is 5.73 Å². The highest BCUT2D eigenvalue weighted by Crippen LogP contribution is 2.13. The number of carbonyl (C=O) groups is 1. The summed E-state index contributed by atoms with van der Waals surface area (Å²) in [6.45, 7) is 1.08. The van der Waals surface area contributed by atoms with Gasteiger partial charge in [0.1, 0.15) is 5.75 Å². The second kappa shape index (κ2) is 6.90. The summed E-state index contributed by atoms with van der Waals surface area (Å²) in [7, 11) is 1.78. The highest BCUT2D eigenvalue weighted by atomic mass is 16.3. The molecule has 0 aromatic heterocycles. The number of likely N-dealkylation sites (N-methyl/N-ethyl adjacent to an activating group) is 1. The zero-order valence-electron chi connectivity index (χ0n) is 12.1. The maximum absolute atomic E-state index is 12.2. The molecule has 0 radical (unpaired) electrons. The van der Waals surface area contributed by atoms with Crippen LogP contribution in [0.25, 0.3) is 0 Å². The standard InChI is InChI=1S/C17H20N2O2/c1-19(12-14-7-5-13(11-18)6-8-14)17(21)10-15-3-2-4-16(20)9-15/h2-9,20H,10-12,18H2,1H3. The van der Waals surface area contributed by atoms with E-state index in [1.165, 1.54) is 0 Å². The van der Waals surface area contributed by atoms with Crippen LogP contribution in [0, 0.1) is 0 Å². The van der Waals surface area contributed by atoms with Crippen LogP contribution < -0.4 is 5.73 Å². The average Bonchev–Trinajstić information content (AvgIpc) is 2.48. The quantitative estimate of drug-likeness (QED) is 0.883. The molecule has 0 atom stereocenters. The van der Waals surface area contributed by atoms with Crippen molar-refractivity contribution in [2.24, 2.45) is 5.73 Å². The van der Waals surface area contributed by atoms with E-state index in [2.05, 4.69) is 0 Å². The molecule has 0 unspecified atom stereocenters. The minimum Gasteiger partial charge on any atom is -0.508 e. The molecule has 21 heavy (non-hydrogen) atoms. The summed E-state index contributed by atoms with van der Waals surface area (Å²) in [6, 6.07) is 14.7. The van der Waals surface area contributed by atoms with E-state index >= 15 is 0 Å². The van der Waals surface area contributed by atoms with Crippen molar-refractivity contribution in [1.29, 1.82) is 0 Å². The summed E-state index contributed by atoms with van der Waals surface area (Å²) >= 11 is 0. The van der Waals surface area contributed by atoms with Gasteiger partial charge in [-0.1, -0.05) is 36.4 Å². The van der Waals surface area contributed by atoms with E-state index < -0.39 is 0 Å². The molecular weight excluding hydrogens is 264 g/mol. The predicted molar refractivity (Wildman–Crippen MR) is 82.6 cm³/mol. The lowest BCUT2D eigenvalue weighted by Crippen LogP contribution is -2.27. The maximum Gasteiger partial charge on any atom is 0.227 e. The number of nitrogens with zero attached hydrogens (tertiary/aromatic N) is 1. The largest absolute Gasteiger partial charge is 0.508 e. The Balaban J connectivity index is 1.95. The SMILES string of the molecule is CN(Cc1ccc(CN)cc1)C(=O)Cc1cccc(O)c1. The van der Waals surface area contributed by atoms with Gasteiger partial charge in [-0.3, -0.25) is 4.79 Å². The maximum atomic E-state index is 12.2.